The minimum atomic E-state index is -0.474. The van der Waals surface area contributed by atoms with E-state index in [0.717, 1.165) is 19.3 Å². The molecule has 0 bridgehead atoms. The van der Waals surface area contributed by atoms with Crippen LogP contribution in [0.2, 0.25) is 0 Å². The molecule has 0 radical (unpaired) electrons. The molecule has 1 rings (SSSR count). The van der Waals surface area contributed by atoms with Crippen molar-refractivity contribution in [2.24, 2.45) is 5.92 Å². The van der Waals surface area contributed by atoms with E-state index in [1.54, 1.807) is 0 Å². The molecule has 0 saturated heterocycles. The molecule has 16 heavy (non-hydrogen) atoms. The fourth-order valence-corrected chi connectivity index (χ4v) is 2.15. The van der Waals surface area contributed by atoms with Crippen molar-refractivity contribution in [3.63, 3.8) is 0 Å². The van der Waals surface area contributed by atoms with E-state index in [-0.39, 0.29) is 18.1 Å². The second-order valence-electron chi connectivity index (χ2n) is 5.60. The number of carbonyl (C=O) groups is 1. The molecule has 0 spiro atoms. The Hall–Kier alpha value is -0.770. The molecular weight excluding hydrogens is 206 g/mol. The van der Waals surface area contributed by atoms with Crippen LogP contribution in [0, 0.1) is 5.92 Å². The van der Waals surface area contributed by atoms with Gasteiger partial charge in [-0.15, -0.1) is 0 Å². The minimum Gasteiger partial charge on any atom is -0.444 e. The number of rotatable bonds is 2. The van der Waals surface area contributed by atoms with Crippen LogP contribution < -0.4 is 5.32 Å². The molecule has 3 atom stereocenters. The Morgan fingerprint density at radius 1 is 1.44 bits per heavy atom. The Morgan fingerprint density at radius 3 is 2.50 bits per heavy atom. The minimum absolute atomic E-state index is 0.0349. The fourth-order valence-electron chi connectivity index (χ4n) is 2.15. The SMILES string of the molecule is C[C@@H](NC(=O)OC(C)(C)C)[C@@H]1CCC[C@@H]1O. The van der Waals surface area contributed by atoms with Gasteiger partial charge in [-0.05, 0) is 40.5 Å². The zero-order chi connectivity index (χ0) is 12.3. The summed E-state index contributed by atoms with van der Waals surface area (Å²) in [5, 5.41) is 12.5. The van der Waals surface area contributed by atoms with Crippen molar-refractivity contribution in [3.05, 3.63) is 0 Å². The molecule has 4 nitrogen and oxygen atoms in total. The summed E-state index contributed by atoms with van der Waals surface area (Å²) in [6, 6.07) is -0.0349. The zero-order valence-electron chi connectivity index (χ0n) is 10.6. The van der Waals surface area contributed by atoms with Crippen LogP contribution in [0.25, 0.3) is 0 Å². The number of carbonyl (C=O) groups excluding carboxylic acids is 1. The van der Waals surface area contributed by atoms with Gasteiger partial charge in [0, 0.05) is 12.0 Å². The average molecular weight is 229 g/mol. The number of alkyl carbamates (subject to hydrolysis) is 1. The molecule has 0 aliphatic heterocycles. The monoisotopic (exact) mass is 229 g/mol. The van der Waals surface area contributed by atoms with Gasteiger partial charge in [-0.1, -0.05) is 6.42 Å². The van der Waals surface area contributed by atoms with E-state index in [4.69, 9.17) is 4.74 Å². The van der Waals surface area contributed by atoms with Gasteiger partial charge in [0.05, 0.1) is 6.10 Å². The van der Waals surface area contributed by atoms with Gasteiger partial charge < -0.3 is 15.2 Å². The average Bonchev–Trinajstić information content (AvgIpc) is 2.47. The predicted octanol–water partition coefficient (Wildman–Crippen LogP) is 2.06. The number of ether oxygens (including phenoxy) is 1. The van der Waals surface area contributed by atoms with Gasteiger partial charge in [0.15, 0.2) is 0 Å². The molecule has 1 aliphatic carbocycles. The quantitative estimate of drug-likeness (QED) is 0.762. The second-order valence-corrected chi connectivity index (χ2v) is 5.60. The number of amides is 1. The summed E-state index contributed by atoms with van der Waals surface area (Å²) in [5.41, 5.74) is -0.474. The van der Waals surface area contributed by atoms with Gasteiger partial charge in [-0.2, -0.15) is 0 Å². The lowest BCUT2D eigenvalue weighted by molar-refractivity contribution is 0.0452. The Bertz CT molecular complexity index is 247. The molecule has 0 aromatic heterocycles. The lowest BCUT2D eigenvalue weighted by Gasteiger charge is -2.26. The Balaban J connectivity index is 2.39. The summed E-state index contributed by atoms with van der Waals surface area (Å²) in [5.74, 6) is 0.160. The first-order valence-electron chi connectivity index (χ1n) is 5.97. The van der Waals surface area contributed by atoms with Crippen molar-refractivity contribution in [1.82, 2.24) is 5.32 Å². The predicted molar refractivity (Wildman–Crippen MR) is 62.2 cm³/mol. The first-order chi connectivity index (χ1) is 7.29. The van der Waals surface area contributed by atoms with E-state index in [9.17, 15) is 9.90 Å². The molecule has 0 aromatic rings. The van der Waals surface area contributed by atoms with Gasteiger partial charge >= 0.3 is 6.09 Å². The molecule has 2 N–H and O–H groups in total. The molecule has 94 valence electrons. The molecular formula is C12H23NO3. The van der Waals surface area contributed by atoms with E-state index >= 15 is 0 Å². The van der Waals surface area contributed by atoms with Crippen LogP contribution in [0.4, 0.5) is 4.79 Å². The van der Waals surface area contributed by atoms with Crippen LogP contribution in [0.5, 0.6) is 0 Å². The maximum absolute atomic E-state index is 11.5. The molecule has 1 amide bonds. The summed E-state index contributed by atoms with van der Waals surface area (Å²) in [6.45, 7) is 7.42. The van der Waals surface area contributed by atoms with Gasteiger partial charge in [0.1, 0.15) is 5.60 Å². The van der Waals surface area contributed by atoms with Crippen molar-refractivity contribution < 1.29 is 14.6 Å². The third kappa shape index (κ3) is 4.00. The normalized spacial score (nSPS) is 27.6. The van der Waals surface area contributed by atoms with Crippen molar-refractivity contribution >= 4 is 6.09 Å². The number of aliphatic hydroxyl groups is 1. The van der Waals surface area contributed by atoms with E-state index in [2.05, 4.69) is 5.32 Å². The highest BCUT2D eigenvalue weighted by atomic mass is 16.6. The highest BCUT2D eigenvalue weighted by Crippen LogP contribution is 2.28. The molecule has 4 heteroatoms. The summed E-state index contributed by atoms with van der Waals surface area (Å²) < 4.78 is 5.17. The molecule has 0 heterocycles. The first kappa shape index (κ1) is 13.3. The molecule has 1 aliphatic rings. The van der Waals surface area contributed by atoms with E-state index in [1.165, 1.54) is 0 Å². The summed E-state index contributed by atoms with van der Waals surface area (Å²) in [6.07, 6.45) is 2.15. The van der Waals surface area contributed by atoms with Crippen LogP contribution in [-0.4, -0.2) is 28.9 Å². The first-order valence-corrected chi connectivity index (χ1v) is 5.97. The lowest BCUT2D eigenvalue weighted by atomic mass is 9.98. The molecule has 1 fully saturated rings. The molecule has 0 unspecified atom stereocenters. The van der Waals surface area contributed by atoms with Crippen molar-refractivity contribution in [2.75, 3.05) is 0 Å². The van der Waals surface area contributed by atoms with Crippen LogP contribution >= 0.6 is 0 Å². The third-order valence-electron chi connectivity index (χ3n) is 2.92. The fraction of sp³-hybridized carbons (Fsp3) is 0.917. The van der Waals surface area contributed by atoms with Gasteiger partial charge in [0.25, 0.3) is 0 Å². The van der Waals surface area contributed by atoms with E-state index < -0.39 is 11.7 Å². The lowest BCUT2D eigenvalue weighted by Crippen LogP contribution is -2.43. The summed E-state index contributed by atoms with van der Waals surface area (Å²) >= 11 is 0. The zero-order valence-corrected chi connectivity index (χ0v) is 10.6. The summed E-state index contributed by atoms with van der Waals surface area (Å²) in [4.78, 5) is 11.5. The van der Waals surface area contributed by atoms with Gasteiger partial charge in [0.2, 0.25) is 0 Å². The second kappa shape index (κ2) is 5.04. The number of hydrogen-bond donors (Lipinski definition) is 2. The highest BCUT2D eigenvalue weighted by Gasteiger charge is 2.31. The number of nitrogens with one attached hydrogen (secondary N) is 1. The Labute approximate surface area is 97.4 Å². The molecule has 0 aromatic carbocycles. The largest absolute Gasteiger partial charge is 0.444 e. The van der Waals surface area contributed by atoms with Gasteiger partial charge in [-0.25, -0.2) is 4.79 Å². The van der Waals surface area contributed by atoms with E-state index in [0.29, 0.717) is 0 Å². The number of hydrogen-bond acceptors (Lipinski definition) is 3. The van der Waals surface area contributed by atoms with Crippen LogP contribution in [0.1, 0.15) is 47.0 Å². The van der Waals surface area contributed by atoms with Crippen molar-refractivity contribution in [3.8, 4) is 0 Å². The topological polar surface area (TPSA) is 58.6 Å². The van der Waals surface area contributed by atoms with Crippen LogP contribution in [0.15, 0.2) is 0 Å². The smallest absolute Gasteiger partial charge is 0.407 e. The van der Waals surface area contributed by atoms with Crippen molar-refractivity contribution in [1.29, 1.82) is 0 Å². The molecule has 1 saturated carbocycles. The Morgan fingerprint density at radius 2 is 2.06 bits per heavy atom. The maximum Gasteiger partial charge on any atom is 0.407 e. The number of aliphatic hydroxyl groups excluding tert-OH is 1. The Kier molecular flexibility index (Phi) is 4.19. The highest BCUT2D eigenvalue weighted by molar-refractivity contribution is 5.68. The summed E-state index contributed by atoms with van der Waals surface area (Å²) in [7, 11) is 0. The maximum atomic E-state index is 11.5. The van der Waals surface area contributed by atoms with Crippen LogP contribution in [0.3, 0.4) is 0 Å². The van der Waals surface area contributed by atoms with E-state index in [1.807, 2.05) is 27.7 Å². The van der Waals surface area contributed by atoms with Crippen molar-refractivity contribution in [2.45, 2.75) is 64.7 Å². The third-order valence-corrected chi connectivity index (χ3v) is 2.92. The van der Waals surface area contributed by atoms with Gasteiger partial charge in [-0.3, -0.25) is 0 Å². The van der Waals surface area contributed by atoms with Crippen LogP contribution in [-0.2, 0) is 4.74 Å². The standard InChI is InChI=1S/C12H23NO3/c1-8(9-6-5-7-10(9)14)13-11(15)16-12(2,3)4/h8-10,14H,5-7H2,1-4H3,(H,13,15)/t8-,9+,10+/m1/s1.